The third-order valence-corrected chi connectivity index (χ3v) is 4.09. The summed E-state index contributed by atoms with van der Waals surface area (Å²) in [5.74, 6) is 0.692. The number of aliphatic carboxylic acids is 1. The first-order valence-corrected chi connectivity index (χ1v) is 10.5. The third-order valence-electron chi connectivity index (χ3n) is 4.09. The summed E-state index contributed by atoms with van der Waals surface area (Å²) in [5.41, 5.74) is 1.69. The van der Waals surface area contributed by atoms with E-state index in [1.165, 1.54) is 0 Å². The molecule has 0 fully saturated rings. The van der Waals surface area contributed by atoms with E-state index in [0.29, 0.717) is 50.1 Å². The Morgan fingerprint density at radius 2 is 1.53 bits per heavy atom. The summed E-state index contributed by atoms with van der Waals surface area (Å²) in [6, 6.07) is 12.5. The van der Waals surface area contributed by atoms with E-state index in [-0.39, 0.29) is 0 Å². The second-order valence-corrected chi connectivity index (χ2v) is 6.56. The summed E-state index contributed by atoms with van der Waals surface area (Å²) in [5, 5.41) is 9.19. The average Bonchev–Trinajstić information content (AvgIpc) is 2.79. The molecule has 8 heteroatoms. The molecule has 0 amide bonds. The second-order valence-electron chi connectivity index (χ2n) is 6.56. The molecule has 0 radical (unpaired) electrons. The van der Waals surface area contributed by atoms with Gasteiger partial charge < -0.3 is 24.4 Å². The molecule has 2 aromatic carbocycles. The average molecular weight is 446 g/mol. The fourth-order valence-electron chi connectivity index (χ4n) is 2.72. The van der Waals surface area contributed by atoms with Gasteiger partial charge in [0.1, 0.15) is 12.4 Å². The Kier molecular flexibility index (Phi) is 11.1. The Hall–Kier alpha value is -3.07. The molecule has 2 rings (SSSR count). The number of carboxylic acids is 1. The van der Waals surface area contributed by atoms with E-state index in [4.69, 9.17) is 29.0 Å². The molecule has 0 heterocycles. The molecule has 32 heavy (non-hydrogen) atoms. The van der Waals surface area contributed by atoms with E-state index in [0.717, 1.165) is 11.1 Å². The highest BCUT2D eigenvalue weighted by Gasteiger charge is 2.17. The molecule has 0 saturated carbocycles. The maximum Gasteiger partial charge on any atom is 0.333 e. The lowest BCUT2D eigenvalue weighted by Gasteiger charge is -2.12. The van der Waals surface area contributed by atoms with Crippen LogP contribution in [0.2, 0.25) is 0 Å². The van der Waals surface area contributed by atoms with Crippen LogP contribution in [-0.2, 0) is 25.7 Å². The van der Waals surface area contributed by atoms with Gasteiger partial charge in [-0.25, -0.2) is 4.79 Å². The molecule has 0 aliphatic carbocycles. The smallest absolute Gasteiger partial charge is 0.333 e. The van der Waals surface area contributed by atoms with Crippen LogP contribution >= 0.6 is 0 Å². The third kappa shape index (κ3) is 8.97. The van der Waals surface area contributed by atoms with Crippen LogP contribution in [0.25, 0.3) is 6.08 Å². The number of hydrogen-bond donors (Lipinski definition) is 1. The Morgan fingerprint density at radius 1 is 0.906 bits per heavy atom. The standard InChI is InChI=1S/C24H30O8/c1-4-27-23(24(25)26)16-18-9-11-20(12-10-18)28-13-7-8-19-14-21(31-29-5-2)17-22(15-19)32-30-6-3/h7-12,14-15,17,23H,4-6,13,16H2,1-3H3,(H,25,26). The van der Waals surface area contributed by atoms with E-state index in [9.17, 15) is 9.90 Å². The summed E-state index contributed by atoms with van der Waals surface area (Å²) in [6.45, 7) is 6.95. The molecule has 8 nitrogen and oxygen atoms in total. The molecule has 1 N–H and O–H groups in total. The molecule has 1 unspecified atom stereocenters. The zero-order valence-corrected chi connectivity index (χ0v) is 18.6. The van der Waals surface area contributed by atoms with Crippen LogP contribution in [0.15, 0.2) is 48.5 Å². The van der Waals surface area contributed by atoms with Gasteiger partial charge in [-0.3, -0.25) is 0 Å². The lowest BCUT2D eigenvalue weighted by Crippen LogP contribution is -2.26. The molecule has 0 aliphatic heterocycles. The van der Waals surface area contributed by atoms with E-state index in [2.05, 4.69) is 0 Å². The number of carbonyl (C=O) groups is 1. The first-order valence-electron chi connectivity index (χ1n) is 10.5. The molecule has 0 bridgehead atoms. The van der Waals surface area contributed by atoms with Gasteiger partial charge in [0.25, 0.3) is 0 Å². The largest absolute Gasteiger partial charge is 0.490 e. The number of benzene rings is 2. The van der Waals surface area contributed by atoms with E-state index < -0.39 is 12.1 Å². The van der Waals surface area contributed by atoms with Crippen molar-refractivity contribution >= 4 is 12.0 Å². The van der Waals surface area contributed by atoms with Crippen molar-refractivity contribution in [1.29, 1.82) is 0 Å². The molecule has 174 valence electrons. The number of carboxylic acid groups (broad SMARTS) is 1. The molecule has 1 atom stereocenters. The first-order chi connectivity index (χ1) is 15.5. The van der Waals surface area contributed by atoms with Crippen LogP contribution in [0.3, 0.4) is 0 Å². The molecule has 0 aromatic heterocycles. The summed E-state index contributed by atoms with van der Waals surface area (Å²) in [6.07, 6.45) is 3.17. The predicted molar refractivity (Wildman–Crippen MR) is 119 cm³/mol. The first kappa shape index (κ1) is 25.2. The van der Waals surface area contributed by atoms with Crippen LogP contribution in [0, 0.1) is 0 Å². The van der Waals surface area contributed by atoms with Crippen molar-refractivity contribution in [2.45, 2.75) is 33.3 Å². The quantitative estimate of drug-likeness (QED) is 0.316. The van der Waals surface area contributed by atoms with Crippen LogP contribution in [0.4, 0.5) is 0 Å². The molecule has 0 spiro atoms. The van der Waals surface area contributed by atoms with Crippen molar-refractivity contribution in [3.8, 4) is 17.2 Å². The Labute approximate surface area is 188 Å². The highest BCUT2D eigenvalue weighted by molar-refractivity contribution is 5.72. The molecular formula is C24H30O8. The van der Waals surface area contributed by atoms with E-state index >= 15 is 0 Å². The minimum Gasteiger partial charge on any atom is -0.490 e. The summed E-state index contributed by atoms with van der Waals surface area (Å²) >= 11 is 0. The van der Waals surface area contributed by atoms with Gasteiger partial charge in [0.05, 0.1) is 13.2 Å². The van der Waals surface area contributed by atoms with Gasteiger partial charge in [0.2, 0.25) is 0 Å². The van der Waals surface area contributed by atoms with Gasteiger partial charge in [0, 0.05) is 19.1 Å². The monoisotopic (exact) mass is 446 g/mol. The maximum atomic E-state index is 11.2. The van der Waals surface area contributed by atoms with Gasteiger partial charge in [-0.05, 0) is 62.2 Å². The molecule has 0 aliphatic rings. The van der Waals surface area contributed by atoms with Crippen LogP contribution < -0.4 is 14.5 Å². The van der Waals surface area contributed by atoms with Crippen molar-refractivity contribution < 1.29 is 38.9 Å². The van der Waals surface area contributed by atoms with Gasteiger partial charge >= 0.3 is 5.97 Å². The Morgan fingerprint density at radius 3 is 2.06 bits per heavy atom. The van der Waals surface area contributed by atoms with Crippen molar-refractivity contribution in [2.24, 2.45) is 0 Å². The van der Waals surface area contributed by atoms with Crippen molar-refractivity contribution in [1.82, 2.24) is 0 Å². The summed E-state index contributed by atoms with van der Waals surface area (Å²) in [4.78, 5) is 31.6. The maximum absolute atomic E-state index is 11.2. The van der Waals surface area contributed by atoms with Gasteiger partial charge in [0.15, 0.2) is 17.6 Å². The highest BCUT2D eigenvalue weighted by atomic mass is 17.2. The lowest BCUT2D eigenvalue weighted by atomic mass is 10.1. The molecule has 0 saturated heterocycles. The van der Waals surface area contributed by atoms with Gasteiger partial charge in [-0.1, -0.05) is 18.2 Å². The Bertz CT molecular complexity index is 821. The van der Waals surface area contributed by atoms with Crippen LogP contribution in [-0.4, -0.2) is 43.6 Å². The SMILES string of the molecule is CCOOc1cc(C=CCOc2ccc(CC(OCC)C(=O)O)cc2)cc(OOCC)c1. The fraction of sp³-hybridized carbons (Fsp3) is 0.375. The van der Waals surface area contributed by atoms with E-state index in [1.54, 1.807) is 37.3 Å². The van der Waals surface area contributed by atoms with Gasteiger partial charge in [-0.2, -0.15) is 9.78 Å². The number of hydrogen-bond acceptors (Lipinski definition) is 7. The van der Waals surface area contributed by atoms with E-state index in [1.807, 2.05) is 38.1 Å². The van der Waals surface area contributed by atoms with Crippen molar-refractivity contribution in [2.75, 3.05) is 26.4 Å². The molecular weight excluding hydrogens is 416 g/mol. The Balaban J connectivity index is 1.93. The summed E-state index contributed by atoms with van der Waals surface area (Å²) < 4.78 is 11.0. The predicted octanol–water partition coefficient (Wildman–Crippen LogP) is 4.47. The fourth-order valence-corrected chi connectivity index (χ4v) is 2.72. The second kappa shape index (κ2) is 14.1. The van der Waals surface area contributed by atoms with Gasteiger partial charge in [-0.15, -0.1) is 0 Å². The van der Waals surface area contributed by atoms with Crippen molar-refractivity contribution in [3.05, 3.63) is 59.7 Å². The normalized spacial score (nSPS) is 12.0. The topological polar surface area (TPSA) is 92.7 Å². The van der Waals surface area contributed by atoms with Crippen LogP contribution in [0.5, 0.6) is 17.2 Å². The number of ether oxygens (including phenoxy) is 2. The van der Waals surface area contributed by atoms with Crippen molar-refractivity contribution in [3.63, 3.8) is 0 Å². The van der Waals surface area contributed by atoms with Crippen LogP contribution in [0.1, 0.15) is 31.9 Å². The number of rotatable bonds is 15. The molecule has 2 aromatic rings. The summed E-state index contributed by atoms with van der Waals surface area (Å²) in [7, 11) is 0. The highest BCUT2D eigenvalue weighted by Crippen LogP contribution is 2.24. The lowest BCUT2D eigenvalue weighted by molar-refractivity contribution is -0.207. The minimum atomic E-state index is -0.970. The zero-order chi connectivity index (χ0) is 23.2. The minimum absolute atomic E-state index is 0.301. The zero-order valence-electron chi connectivity index (χ0n) is 18.6.